The van der Waals surface area contributed by atoms with Crippen molar-refractivity contribution in [3.05, 3.63) is 59.1 Å². The van der Waals surface area contributed by atoms with Gasteiger partial charge in [0.1, 0.15) is 10.8 Å². The Bertz CT molecular complexity index is 785. The topological polar surface area (TPSA) is 51.2 Å². The van der Waals surface area contributed by atoms with Gasteiger partial charge in [-0.25, -0.2) is 4.98 Å². The molecule has 0 aliphatic rings. The Morgan fingerprint density at radius 3 is 2.61 bits per heavy atom. The molecule has 0 spiro atoms. The fourth-order valence-electron chi connectivity index (χ4n) is 2.04. The first-order chi connectivity index (χ1) is 11.1. The molecule has 1 heterocycles. The lowest BCUT2D eigenvalue weighted by Crippen LogP contribution is -2.22. The highest BCUT2D eigenvalue weighted by Gasteiger charge is 2.09. The normalized spacial score (nSPS) is 10.9. The Labute approximate surface area is 134 Å². The molecule has 0 saturated carbocycles. The smallest absolute Gasteiger partial charge is 0.387 e. The van der Waals surface area contributed by atoms with Gasteiger partial charge in [0.25, 0.3) is 5.91 Å². The van der Waals surface area contributed by atoms with E-state index in [-0.39, 0.29) is 11.7 Å². The van der Waals surface area contributed by atoms with Crippen LogP contribution in [0.5, 0.6) is 5.75 Å². The molecule has 0 bridgehead atoms. The number of halogens is 2. The number of hydrogen-bond donors (Lipinski definition) is 1. The van der Waals surface area contributed by atoms with Crippen LogP contribution in [0.2, 0.25) is 0 Å². The van der Waals surface area contributed by atoms with Crippen molar-refractivity contribution in [3.8, 4) is 5.75 Å². The molecule has 2 aromatic carbocycles. The molecule has 1 amide bonds. The highest BCUT2D eigenvalue weighted by Crippen LogP contribution is 2.21. The maximum absolute atomic E-state index is 12.1. The Hall–Kier alpha value is -2.54. The van der Waals surface area contributed by atoms with Crippen LogP contribution in [0.4, 0.5) is 8.78 Å². The summed E-state index contributed by atoms with van der Waals surface area (Å²) in [5, 5.41) is 3.56. The van der Waals surface area contributed by atoms with Crippen molar-refractivity contribution in [2.75, 3.05) is 0 Å². The number of amides is 1. The minimum absolute atomic E-state index is 0.0164. The molecule has 118 valence electrons. The summed E-state index contributed by atoms with van der Waals surface area (Å²) >= 11 is 1.51. The second-order valence-corrected chi connectivity index (χ2v) is 5.78. The molecule has 1 aromatic heterocycles. The number of nitrogens with one attached hydrogen (secondary N) is 1. The van der Waals surface area contributed by atoms with Gasteiger partial charge >= 0.3 is 6.61 Å². The van der Waals surface area contributed by atoms with Crippen LogP contribution in [0.1, 0.15) is 15.4 Å². The second-order valence-electron chi connectivity index (χ2n) is 4.66. The van der Waals surface area contributed by atoms with E-state index in [1.54, 1.807) is 0 Å². The van der Waals surface area contributed by atoms with Gasteiger partial charge in [-0.1, -0.05) is 12.1 Å². The summed E-state index contributed by atoms with van der Waals surface area (Å²) in [7, 11) is 0. The van der Waals surface area contributed by atoms with Crippen molar-refractivity contribution >= 4 is 27.5 Å². The number of para-hydroxylation sites is 1. The van der Waals surface area contributed by atoms with Crippen LogP contribution >= 0.6 is 11.3 Å². The quantitative estimate of drug-likeness (QED) is 0.771. The fraction of sp³-hybridized carbons (Fsp3) is 0.125. The predicted octanol–water partition coefficient (Wildman–Crippen LogP) is 3.83. The molecule has 0 atom stereocenters. The highest BCUT2D eigenvalue weighted by molar-refractivity contribution is 7.18. The largest absolute Gasteiger partial charge is 0.435 e. The van der Waals surface area contributed by atoms with Crippen LogP contribution in [0.25, 0.3) is 10.2 Å². The summed E-state index contributed by atoms with van der Waals surface area (Å²) in [4.78, 5) is 16.5. The lowest BCUT2D eigenvalue weighted by molar-refractivity contribution is -0.0498. The molecule has 3 aromatic rings. The number of rotatable bonds is 5. The van der Waals surface area contributed by atoms with E-state index in [0.29, 0.717) is 12.1 Å². The van der Waals surface area contributed by atoms with Gasteiger partial charge in [-0.05, 0) is 36.4 Å². The van der Waals surface area contributed by atoms with Gasteiger partial charge in [0, 0.05) is 5.56 Å². The lowest BCUT2D eigenvalue weighted by atomic mass is 10.2. The van der Waals surface area contributed by atoms with E-state index < -0.39 is 6.61 Å². The SMILES string of the molecule is O=C(NCc1nc2ccccc2s1)c1ccc(OC(F)F)cc1. The van der Waals surface area contributed by atoms with E-state index in [4.69, 9.17) is 0 Å². The minimum atomic E-state index is -2.88. The Morgan fingerprint density at radius 1 is 1.17 bits per heavy atom. The zero-order chi connectivity index (χ0) is 16.2. The van der Waals surface area contributed by atoms with E-state index >= 15 is 0 Å². The van der Waals surface area contributed by atoms with Gasteiger partial charge in [-0.2, -0.15) is 8.78 Å². The summed E-state index contributed by atoms with van der Waals surface area (Å²) < 4.78 is 29.4. The number of thiazole rings is 1. The summed E-state index contributed by atoms with van der Waals surface area (Å²) in [5.41, 5.74) is 1.27. The number of carbonyl (C=O) groups is 1. The predicted molar refractivity (Wildman–Crippen MR) is 83.9 cm³/mol. The molecule has 3 rings (SSSR count). The maximum Gasteiger partial charge on any atom is 0.387 e. The third-order valence-corrected chi connectivity index (χ3v) is 4.12. The van der Waals surface area contributed by atoms with Crippen molar-refractivity contribution in [1.82, 2.24) is 10.3 Å². The molecule has 1 N–H and O–H groups in total. The maximum atomic E-state index is 12.1. The van der Waals surface area contributed by atoms with Crippen molar-refractivity contribution < 1.29 is 18.3 Å². The zero-order valence-electron chi connectivity index (χ0n) is 11.8. The molecule has 7 heteroatoms. The van der Waals surface area contributed by atoms with Gasteiger partial charge in [-0.15, -0.1) is 11.3 Å². The summed E-state index contributed by atoms with van der Waals surface area (Å²) in [6.07, 6.45) is 0. The van der Waals surface area contributed by atoms with Crippen molar-refractivity contribution in [2.24, 2.45) is 0 Å². The molecule has 0 fully saturated rings. The van der Waals surface area contributed by atoms with Crippen LogP contribution < -0.4 is 10.1 Å². The van der Waals surface area contributed by atoms with Gasteiger partial charge in [0.05, 0.1) is 16.8 Å². The van der Waals surface area contributed by atoms with Gasteiger partial charge < -0.3 is 10.1 Å². The summed E-state index contributed by atoms with van der Waals surface area (Å²) in [6, 6.07) is 13.3. The number of nitrogens with zero attached hydrogens (tertiary/aromatic N) is 1. The van der Waals surface area contributed by atoms with E-state index in [0.717, 1.165) is 15.2 Å². The molecule has 0 aliphatic carbocycles. The zero-order valence-corrected chi connectivity index (χ0v) is 12.6. The molecular formula is C16H12F2N2O2S. The number of fused-ring (bicyclic) bond motifs is 1. The number of aromatic nitrogens is 1. The summed E-state index contributed by atoms with van der Waals surface area (Å²) in [6.45, 7) is -2.57. The fourth-order valence-corrected chi connectivity index (χ4v) is 2.95. The van der Waals surface area contributed by atoms with Crippen LogP contribution in [0.3, 0.4) is 0 Å². The molecule has 0 unspecified atom stereocenters. The van der Waals surface area contributed by atoms with Crippen molar-refractivity contribution in [1.29, 1.82) is 0 Å². The summed E-state index contributed by atoms with van der Waals surface area (Å²) in [5.74, 6) is -0.282. The van der Waals surface area contributed by atoms with Gasteiger partial charge in [0.15, 0.2) is 0 Å². The Kier molecular flexibility index (Phi) is 4.47. The van der Waals surface area contributed by atoms with Crippen LogP contribution in [-0.2, 0) is 6.54 Å². The molecule has 0 saturated heterocycles. The molecule has 0 radical (unpaired) electrons. The number of hydrogen-bond acceptors (Lipinski definition) is 4. The molecule has 23 heavy (non-hydrogen) atoms. The van der Waals surface area contributed by atoms with Gasteiger partial charge in [-0.3, -0.25) is 4.79 Å². The number of alkyl halides is 2. The number of ether oxygens (including phenoxy) is 1. The van der Waals surface area contributed by atoms with Gasteiger partial charge in [0.2, 0.25) is 0 Å². The third kappa shape index (κ3) is 3.81. The standard InChI is InChI=1S/C16H12F2N2O2S/c17-16(18)22-11-7-5-10(6-8-11)15(21)19-9-14-20-12-3-1-2-4-13(12)23-14/h1-8,16H,9H2,(H,19,21). The first-order valence-corrected chi connectivity index (χ1v) is 7.61. The highest BCUT2D eigenvalue weighted by atomic mass is 32.1. The van der Waals surface area contributed by atoms with E-state index in [9.17, 15) is 13.6 Å². The monoisotopic (exact) mass is 334 g/mol. The first kappa shape index (κ1) is 15.4. The van der Waals surface area contributed by atoms with Crippen molar-refractivity contribution in [3.63, 3.8) is 0 Å². The molecular weight excluding hydrogens is 322 g/mol. The van der Waals surface area contributed by atoms with E-state index in [1.807, 2.05) is 24.3 Å². The minimum Gasteiger partial charge on any atom is -0.435 e. The van der Waals surface area contributed by atoms with E-state index in [1.165, 1.54) is 35.6 Å². The lowest BCUT2D eigenvalue weighted by Gasteiger charge is -2.06. The molecule has 4 nitrogen and oxygen atoms in total. The first-order valence-electron chi connectivity index (χ1n) is 6.79. The van der Waals surface area contributed by atoms with Crippen LogP contribution in [-0.4, -0.2) is 17.5 Å². The molecule has 0 aliphatic heterocycles. The Morgan fingerprint density at radius 2 is 1.91 bits per heavy atom. The van der Waals surface area contributed by atoms with Crippen LogP contribution in [0, 0.1) is 0 Å². The van der Waals surface area contributed by atoms with Crippen molar-refractivity contribution in [2.45, 2.75) is 13.2 Å². The number of benzene rings is 2. The van der Waals surface area contributed by atoms with Crippen LogP contribution in [0.15, 0.2) is 48.5 Å². The Balaban J connectivity index is 1.62. The average Bonchev–Trinajstić information content (AvgIpc) is 2.95. The van der Waals surface area contributed by atoms with E-state index in [2.05, 4.69) is 15.0 Å². The number of carbonyl (C=O) groups excluding carboxylic acids is 1. The average molecular weight is 334 g/mol. The third-order valence-electron chi connectivity index (χ3n) is 3.08. The second kappa shape index (κ2) is 6.70.